The minimum absolute atomic E-state index is 0.249. The van der Waals surface area contributed by atoms with Gasteiger partial charge in [0.2, 0.25) is 0 Å². The monoisotopic (exact) mass is 257 g/mol. The zero-order chi connectivity index (χ0) is 12.6. The van der Waals surface area contributed by atoms with Gasteiger partial charge in [0, 0.05) is 23.8 Å². The van der Waals surface area contributed by atoms with Gasteiger partial charge in [0.1, 0.15) is 11.7 Å². The van der Waals surface area contributed by atoms with E-state index in [1.807, 2.05) is 36.4 Å². The van der Waals surface area contributed by atoms with Gasteiger partial charge in [0.05, 0.1) is 0 Å². The van der Waals surface area contributed by atoms with Crippen molar-refractivity contribution in [3.8, 4) is 0 Å². The highest BCUT2D eigenvalue weighted by Crippen LogP contribution is 2.20. The van der Waals surface area contributed by atoms with Crippen molar-refractivity contribution in [1.29, 1.82) is 0 Å². The van der Waals surface area contributed by atoms with Crippen molar-refractivity contribution in [1.82, 2.24) is 10.3 Å². The van der Waals surface area contributed by atoms with E-state index in [0.29, 0.717) is 6.54 Å². The molecule has 0 saturated heterocycles. The zero-order valence-corrected chi connectivity index (χ0v) is 10.6. The molecule has 0 amide bonds. The summed E-state index contributed by atoms with van der Waals surface area (Å²) in [6.07, 6.45) is 4.41. The molecule has 18 heavy (non-hydrogen) atoms. The molecule has 1 unspecified atom stereocenters. The number of rotatable bonds is 6. The fraction of sp³-hybridized carbons (Fsp3) is 0.143. The Kier molecular flexibility index (Phi) is 4.93. The SMILES string of the molecule is O=CC(NCc1ccncc1)Sc1cc[c]cc1. The Morgan fingerprint density at radius 3 is 2.67 bits per heavy atom. The lowest BCUT2D eigenvalue weighted by Gasteiger charge is -2.12. The first-order valence-corrected chi connectivity index (χ1v) is 6.47. The summed E-state index contributed by atoms with van der Waals surface area (Å²) in [4.78, 5) is 16.0. The molecule has 0 spiro atoms. The van der Waals surface area contributed by atoms with Crippen LogP contribution in [0, 0.1) is 6.07 Å². The number of carbonyl (C=O) groups is 1. The van der Waals surface area contributed by atoms with E-state index < -0.39 is 0 Å². The van der Waals surface area contributed by atoms with E-state index in [0.717, 1.165) is 16.7 Å². The number of aldehydes is 1. The summed E-state index contributed by atoms with van der Waals surface area (Å²) in [7, 11) is 0. The highest BCUT2D eigenvalue weighted by molar-refractivity contribution is 8.00. The van der Waals surface area contributed by atoms with E-state index in [2.05, 4.69) is 16.4 Å². The van der Waals surface area contributed by atoms with Crippen molar-refractivity contribution in [2.24, 2.45) is 0 Å². The predicted octanol–water partition coefficient (Wildman–Crippen LogP) is 2.29. The molecule has 2 rings (SSSR count). The standard InChI is InChI=1S/C14H13N2OS/c17-11-14(18-13-4-2-1-3-5-13)16-10-12-6-8-15-9-7-12/h2-9,11,14,16H,10H2. The van der Waals surface area contributed by atoms with Gasteiger partial charge in [-0.1, -0.05) is 23.9 Å². The van der Waals surface area contributed by atoms with Gasteiger partial charge in [-0.05, 0) is 35.9 Å². The molecule has 4 heteroatoms. The topological polar surface area (TPSA) is 42.0 Å². The van der Waals surface area contributed by atoms with Gasteiger partial charge in [-0.25, -0.2) is 0 Å². The lowest BCUT2D eigenvalue weighted by Crippen LogP contribution is -2.26. The minimum Gasteiger partial charge on any atom is -0.301 e. The number of carbonyl (C=O) groups excluding carboxylic acids is 1. The number of aromatic nitrogens is 1. The van der Waals surface area contributed by atoms with Gasteiger partial charge in [0.15, 0.2) is 0 Å². The molecule has 0 saturated carbocycles. The molecule has 1 N–H and O–H groups in total. The quantitative estimate of drug-likeness (QED) is 0.490. The summed E-state index contributed by atoms with van der Waals surface area (Å²) in [5.41, 5.74) is 1.11. The van der Waals surface area contributed by atoms with Crippen LogP contribution in [0.15, 0.2) is 53.7 Å². The number of thioether (sulfide) groups is 1. The van der Waals surface area contributed by atoms with Crippen molar-refractivity contribution in [3.05, 3.63) is 60.4 Å². The van der Waals surface area contributed by atoms with E-state index in [1.165, 1.54) is 11.8 Å². The van der Waals surface area contributed by atoms with Crippen molar-refractivity contribution in [2.45, 2.75) is 16.8 Å². The third-order valence-corrected chi connectivity index (χ3v) is 3.41. The van der Waals surface area contributed by atoms with Crippen LogP contribution in [0.4, 0.5) is 0 Å². The minimum atomic E-state index is -0.249. The second-order valence-electron chi connectivity index (χ2n) is 3.65. The highest BCUT2D eigenvalue weighted by atomic mass is 32.2. The van der Waals surface area contributed by atoms with E-state index in [-0.39, 0.29) is 5.37 Å². The van der Waals surface area contributed by atoms with Crippen molar-refractivity contribution < 1.29 is 4.79 Å². The van der Waals surface area contributed by atoms with E-state index >= 15 is 0 Å². The maximum absolute atomic E-state index is 11.0. The lowest BCUT2D eigenvalue weighted by atomic mass is 10.3. The van der Waals surface area contributed by atoms with Gasteiger partial charge in [-0.15, -0.1) is 0 Å². The molecule has 91 valence electrons. The fourth-order valence-corrected chi connectivity index (χ4v) is 2.24. The molecule has 3 nitrogen and oxygen atoms in total. The molecule has 1 atom stereocenters. The van der Waals surface area contributed by atoms with Gasteiger partial charge >= 0.3 is 0 Å². The van der Waals surface area contributed by atoms with Gasteiger partial charge in [-0.3, -0.25) is 10.3 Å². The average Bonchev–Trinajstić information content (AvgIpc) is 2.45. The first-order valence-electron chi connectivity index (χ1n) is 5.59. The average molecular weight is 257 g/mol. The molecular formula is C14H13N2OS. The van der Waals surface area contributed by atoms with Crippen LogP contribution >= 0.6 is 11.8 Å². The third kappa shape index (κ3) is 3.98. The molecule has 0 fully saturated rings. The molecule has 0 aliphatic heterocycles. The van der Waals surface area contributed by atoms with Crippen LogP contribution in [0.25, 0.3) is 0 Å². The summed E-state index contributed by atoms with van der Waals surface area (Å²) >= 11 is 1.49. The van der Waals surface area contributed by atoms with Crippen LogP contribution in [0.2, 0.25) is 0 Å². The van der Waals surface area contributed by atoms with Gasteiger partial charge in [-0.2, -0.15) is 0 Å². The Morgan fingerprint density at radius 1 is 1.28 bits per heavy atom. The molecule has 0 bridgehead atoms. The first-order chi connectivity index (χ1) is 8.88. The summed E-state index contributed by atoms with van der Waals surface area (Å²) in [5, 5.41) is 2.94. The van der Waals surface area contributed by atoms with Gasteiger partial charge in [0.25, 0.3) is 0 Å². The van der Waals surface area contributed by atoms with Crippen LogP contribution in [0.1, 0.15) is 5.56 Å². The molecule has 1 radical (unpaired) electrons. The summed E-state index contributed by atoms with van der Waals surface area (Å²) in [6.45, 7) is 0.651. The maximum atomic E-state index is 11.0. The number of hydrogen-bond donors (Lipinski definition) is 1. The molecule has 1 aromatic carbocycles. The Bertz CT molecular complexity index is 476. The van der Waals surface area contributed by atoms with Crippen molar-refractivity contribution in [3.63, 3.8) is 0 Å². The summed E-state index contributed by atoms with van der Waals surface area (Å²) in [5.74, 6) is 0. The molecule has 2 aromatic rings. The Morgan fingerprint density at radius 2 is 2.00 bits per heavy atom. The van der Waals surface area contributed by atoms with Crippen LogP contribution in [-0.2, 0) is 11.3 Å². The molecule has 0 aliphatic carbocycles. The Hall–Kier alpha value is -1.65. The maximum Gasteiger partial charge on any atom is 0.147 e. The van der Waals surface area contributed by atoms with Crippen molar-refractivity contribution in [2.75, 3.05) is 0 Å². The molecule has 0 aliphatic rings. The number of hydrogen-bond acceptors (Lipinski definition) is 4. The van der Waals surface area contributed by atoms with E-state index in [9.17, 15) is 4.79 Å². The van der Waals surface area contributed by atoms with Crippen LogP contribution in [0.3, 0.4) is 0 Å². The van der Waals surface area contributed by atoms with Crippen LogP contribution < -0.4 is 5.32 Å². The number of nitrogens with one attached hydrogen (secondary N) is 1. The highest BCUT2D eigenvalue weighted by Gasteiger charge is 2.07. The molecule has 1 heterocycles. The predicted molar refractivity (Wildman–Crippen MR) is 72.1 cm³/mol. The number of pyridine rings is 1. The van der Waals surface area contributed by atoms with E-state index in [1.54, 1.807) is 12.4 Å². The normalized spacial score (nSPS) is 12.0. The second-order valence-corrected chi connectivity index (χ2v) is 4.86. The summed E-state index contributed by atoms with van der Waals surface area (Å²) in [6, 6.07) is 14.4. The number of nitrogens with zero attached hydrogens (tertiary/aromatic N) is 1. The molecular weight excluding hydrogens is 244 g/mol. The van der Waals surface area contributed by atoms with Gasteiger partial charge < -0.3 is 4.79 Å². The zero-order valence-electron chi connectivity index (χ0n) is 9.74. The largest absolute Gasteiger partial charge is 0.301 e. The van der Waals surface area contributed by atoms with Crippen molar-refractivity contribution >= 4 is 18.0 Å². The summed E-state index contributed by atoms with van der Waals surface area (Å²) < 4.78 is 0. The first kappa shape index (κ1) is 12.8. The Balaban J connectivity index is 1.88. The van der Waals surface area contributed by atoms with Crippen LogP contribution in [0.5, 0.6) is 0 Å². The smallest absolute Gasteiger partial charge is 0.147 e. The molecule has 1 aromatic heterocycles. The van der Waals surface area contributed by atoms with Crippen LogP contribution in [-0.4, -0.2) is 16.6 Å². The third-order valence-electron chi connectivity index (χ3n) is 2.33. The fourth-order valence-electron chi connectivity index (χ4n) is 1.43. The van der Waals surface area contributed by atoms with E-state index in [4.69, 9.17) is 0 Å². The Labute approximate surface area is 111 Å². The second kappa shape index (κ2) is 6.93. The lowest BCUT2D eigenvalue weighted by molar-refractivity contribution is -0.107. The number of benzene rings is 1.